The molecule has 0 atom stereocenters. The van der Waals surface area contributed by atoms with Crippen LogP contribution in [0.15, 0.2) is 340 Å². The van der Waals surface area contributed by atoms with Gasteiger partial charge in [-0.05, 0) is 168 Å². The summed E-state index contributed by atoms with van der Waals surface area (Å²) < 4.78 is 0. The lowest BCUT2D eigenvalue weighted by molar-refractivity contribution is 0.0980. The molecule has 15 rings (SSSR count). The summed E-state index contributed by atoms with van der Waals surface area (Å²) in [7, 11) is 4.09. The predicted octanol–water partition coefficient (Wildman–Crippen LogP) is 22.8. The average molecular weight is 1810 g/mol. The molecule has 4 aromatic heterocycles. The lowest BCUT2D eigenvalue weighted by Gasteiger charge is -2.14. The summed E-state index contributed by atoms with van der Waals surface area (Å²) >= 11 is 23.4. The third-order valence-corrected chi connectivity index (χ3v) is 21.5. The summed E-state index contributed by atoms with van der Waals surface area (Å²) in [6.45, 7) is 4.29. The van der Waals surface area contributed by atoms with Crippen molar-refractivity contribution in [1.29, 1.82) is 16.2 Å². The normalized spacial score (nSPS) is 10.6. The fraction of sp³-hybridized carbons (Fsp3) is 0.0849. The Morgan fingerprint density at radius 1 is 0.282 bits per heavy atom. The number of aromatic nitrogens is 4. The van der Waals surface area contributed by atoms with Gasteiger partial charge in [0, 0.05) is 124 Å². The van der Waals surface area contributed by atoms with Crippen molar-refractivity contribution in [1.82, 2.24) is 24.8 Å². The van der Waals surface area contributed by atoms with Gasteiger partial charge in [-0.1, -0.05) is 289 Å². The van der Waals surface area contributed by atoms with Gasteiger partial charge in [0.1, 0.15) is 29.1 Å². The predicted molar refractivity (Wildman–Crippen MR) is 522 cm³/mol. The molecule has 0 radical (unpaired) electrons. The highest BCUT2D eigenvalue weighted by molar-refractivity contribution is 6.31. The molecule has 0 saturated heterocycles. The zero-order valence-electron chi connectivity index (χ0n) is 71.5. The number of anilines is 4. The first-order chi connectivity index (χ1) is 63.2. The maximum Gasteiger partial charge on any atom is 0.257 e. The molecule has 21 nitrogen and oxygen atoms in total. The first kappa shape index (κ1) is 94.6. The number of hydrogen-bond donors (Lipinski definition) is 8. The molecule has 0 aliphatic rings. The fourth-order valence-electron chi connectivity index (χ4n) is 13.9. The number of ketones is 4. The molecule has 11 aromatic carbocycles. The Morgan fingerprint density at radius 3 is 0.786 bits per heavy atom. The average Bonchev–Trinajstić information content (AvgIpc) is 0.817. The van der Waals surface area contributed by atoms with Crippen molar-refractivity contribution >= 4 is 134 Å². The van der Waals surface area contributed by atoms with E-state index in [9.17, 15) is 38.4 Å². The number of benzene rings is 11. The van der Waals surface area contributed by atoms with Crippen LogP contribution in [0.1, 0.15) is 141 Å². The van der Waals surface area contributed by atoms with Crippen LogP contribution < -0.4 is 27.0 Å². The summed E-state index contributed by atoms with van der Waals surface area (Å²) in [6.07, 6.45) is 6.20. The molecular weight excluding hydrogens is 1730 g/mol. The lowest BCUT2D eigenvalue weighted by Crippen LogP contribution is -2.16. The van der Waals surface area contributed by atoms with Crippen molar-refractivity contribution in [3.05, 3.63) is 449 Å². The molecule has 0 fully saturated rings. The molecule has 4 heterocycles. The number of nitrogens with one attached hydrogen (secondary N) is 7. The number of hydrogen-bond acceptors (Lipinski definition) is 16. The molecule has 652 valence electrons. The quantitative estimate of drug-likeness (QED) is 0.0128. The highest BCUT2D eigenvalue weighted by atomic mass is 35.5. The Morgan fingerprint density at radius 2 is 0.519 bits per heavy atom. The fourth-order valence-corrected chi connectivity index (χ4v) is 14.4. The van der Waals surface area contributed by atoms with Crippen LogP contribution >= 0.6 is 46.4 Å². The van der Waals surface area contributed by atoms with Gasteiger partial charge < -0.3 is 42.7 Å². The van der Waals surface area contributed by atoms with Crippen LogP contribution in [-0.4, -0.2) is 103 Å². The van der Waals surface area contributed by atoms with Crippen LogP contribution in [0.2, 0.25) is 20.1 Å². The van der Waals surface area contributed by atoms with E-state index in [1.54, 1.807) is 208 Å². The van der Waals surface area contributed by atoms with E-state index in [0.717, 1.165) is 51.1 Å². The Balaban J connectivity index is 0.000000158. The number of carbonyl (C=O) groups excluding carboxylic acids is 8. The molecule has 25 heteroatoms. The Labute approximate surface area is 777 Å². The first-order valence-corrected chi connectivity index (χ1v) is 42.6. The number of rotatable bonds is 28. The number of pyridine rings is 4. The third-order valence-electron chi connectivity index (χ3n) is 20.6. The molecule has 0 aliphatic heterocycles. The first-order valence-electron chi connectivity index (χ1n) is 41.1. The number of halogens is 4. The van der Waals surface area contributed by atoms with E-state index in [4.69, 9.17) is 68.4 Å². The van der Waals surface area contributed by atoms with Gasteiger partial charge in [0.15, 0.2) is 23.1 Å². The third kappa shape index (κ3) is 26.6. The van der Waals surface area contributed by atoms with Crippen molar-refractivity contribution in [3.63, 3.8) is 0 Å². The monoisotopic (exact) mass is 1810 g/mol. The van der Waals surface area contributed by atoms with Gasteiger partial charge in [-0.2, -0.15) is 0 Å². The number of Topliss-reactive ketones (excluding diaryl/α,β-unsaturated/α-hetero) is 4. The van der Waals surface area contributed by atoms with Crippen molar-refractivity contribution < 1.29 is 38.4 Å². The van der Waals surface area contributed by atoms with E-state index in [1.165, 1.54) is 30.4 Å². The van der Waals surface area contributed by atoms with Crippen LogP contribution in [-0.2, 0) is 32.2 Å². The molecule has 0 saturated carbocycles. The highest BCUT2D eigenvalue weighted by Crippen LogP contribution is 2.31. The van der Waals surface area contributed by atoms with E-state index in [2.05, 4.69) is 58.2 Å². The van der Waals surface area contributed by atoms with Gasteiger partial charge in [-0.3, -0.25) is 43.8 Å². The zero-order valence-corrected chi connectivity index (χ0v) is 74.5. The second-order valence-electron chi connectivity index (χ2n) is 30.3. The van der Waals surface area contributed by atoms with E-state index in [0.29, 0.717) is 127 Å². The number of nitrogens with two attached hydrogens (primary N) is 1. The SMILES string of the molecule is CC(=N)c1ccc(C(=O)Cc2ccccc2C(=O)Nc2ccc(Cl)cn2)cc1.CC(=N)c1ccccc1-c1ccc(C(=O)Cc2ccccc2C(=O)Nc2ccc(Cl)cn2)cc1.CN(C)Cc1ccccc1-c1ccc(C(=O)Cc2ccccc2C(=O)Nc2ccc(Cl)cn2)cc1.N=C(N)c1ccccc1-c1ccc(C(=O)Cc2ccccc2C(=O)Nc2ccc(Cl)cn2)cc1. The summed E-state index contributed by atoms with van der Waals surface area (Å²) in [6, 6.07) is 93.6. The molecular formula is C106H87Cl4N13O8. The van der Waals surface area contributed by atoms with E-state index in [-0.39, 0.29) is 78.3 Å². The van der Waals surface area contributed by atoms with Crippen LogP contribution in [0, 0.1) is 16.2 Å². The number of amides is 4. The topological polar surface area (TPSA) is 337 Å². The zero-order chi connectivity index (χ0) is 93.0. The van der Waals surface area contributed by atoms with Crippen LogP contribution in [0.25, 0.3) is 33.4 Å². The number of carbonyl (C=O) groups is 8. The van der Waals surface area contributed by atoms with Crippen molar-refractivity contribution in [2.45, 2.75) is 46.1 Å². The van der Waals surface area contributed by atoms with Crippen molar-refractivity contribution in [3.8, 4) is 33.4 Å². The largest absolute Gasteiger partial charge is 0.384 e. The van der Waals surface area contributed by atoms with Crippen molar-refractivity contribution in [2.24, 2.45) is 5.73 Å². The lowest BCUT2D eigenvalue weighted by atomic mass is 9.94. The Hall–Kier alpha value is -15.5. The van der Waals surface area contributed by atoms with Crippen LogP contribution in [0.4, 0.5) is 23.3 Å². The van der Waals surface area contributed by atoms with Gasteiger partial charge in [0.2, 0.25) is 0 Å². The Bertz CT molecular complexity index is 6490. The summed E-state index contributed by atoms with van der Waals surface area (Å²) in [5.74, 6) is -0.196. The second-order valence-corrected chi connectivity index (χ2v) is 32.0. The molecule has 0 aliphatic carbocycles. The second kappa shape index (κ2) is 45.8. The molecule has 15 aromatic rings. The Kier molecular flexibility index (Phi) is 33.1. The molecule has 9 N–H and O–H groups in total. The smallest absolute Gasteiger partial charge is 0.257 e. The van der Waals surface area contributed by atoms with Crippen LogP contribution in [0.3, 0.4) is 0 Å². The van der Waals surface area contributed by atoms with Gasteiger partial charge in [-0.15, -0.1) is 0 Å². The van der Waals surface area contributed by atoms with Crippen molar-refractivity contribution in [2.75, 3.05) is 35.4 Å². The molecule has 0 unspecified atom stereocenters. The molecule has 0 spiro atoms. The van der Waals surface area contributed by atoms with Gasteiger partial charge in [0.25, 0.3) is 23.6 Å². The van der Waals surface area contributed by atoms with E-state index in [1.807, 2.05) is 123 Å². The standard InChI is InChI=1S/C29H26ClN3O2.C28H22ClN3O2.C27H21ClN4O2.C22H18ClN3O2/c1-33(2)19-23-8-4-5-9-25(23)20-11-13-21(14-12-20)27(34)17-22-7-3-6-10-26(22)29(35)32-28-16-15-24(30)18-31-28;1-18(30)23-7-4-5-8-24(23)19-10-12-20(13-11-19)26(33)16-21-6-2-3-9-25(21)28(34)32-27-15-14-22(29)17-31-27;28-20-13-14-25(31-16-20)32-27(34)22-7-2-1-5-19(22)15-24(33)18-11-9-17(10-12-18)21-6-3-4-8-23(21)26(29)30;1-14(24)15-6-8-16(9-7-15)20(27)12-17-4-2-3-5-19(17)22(28)26-21-11-10-18(23)13-25-21/h3-16,18H,17,19H2,1-2H3,(H,31,32,35);2-15,17,30H,16H2,1H3,(H,31,32,34);1-14,16H,15H2,(H3,29,30)(H,31,32,34);2-11,13,24H,12H2,1H3,(H,25,26,28). The summed E-state index contributed by atoms with van der Waals surface area (Å²) in [5, 5.41) is 36.3. The maximum atomic E-state index is 13.1. The van der Waals surface area contributed by atoms with E-state index < -0.39 is 0 Å². The number of nitrogens with zero attached hydrogens (tertiary/aromatic N) is 5. The summed E-state index contributed by atoms with van der Waals surface area (Å²) in [4.78, 5) is 121. The van der Waals surface area contributed by atoms with Gasteiger partial charge >= 0.3 is 0 Å². The van der Waals surface area contributed by atoms with Gasteiger partial charge in [-0.25, -0.2) is 19.9 Å². The minimum absolute atomic E-state index is 0.0144. The molecule has 131 heavy (non-hydrogen) atoms. The van der Waals surface area contributed by atoms with E-state index >= 15 is 0 Å². The maximum absolute atomic E-state index is 13.1. The summed E-state index contributed by atoms with van der Waals surface area (Å²) in [5.41, 5.74) is 22.3. The minimum Gasteiger partial charge on any atom is -0.384 e. The number of amidine groups is 1. The van der Waals surface area contributed by atoms with Crippen LogP contribution in [0.5, 0.6) is 0 Å². The number of nitrogen functional groups attached to an aromatic ring is 1. The highest BCUT2D eigenvalue weighted by Gasteiger charge is 2.23. The molecule has 4 amide bonds. The molecule has 0 bridgehead atoms. The van der Waals surface area contributed by atoms with Gasteiger partial charge in [0.05, 0.1) is 20.1 Å². The minimum atomic E-state index is -0.352.